The molecular formula is C18H23N3O2. The second-order valence-electron chi connectivity index (χ2n) is 6.10. The van der Waals surface area contributed by atoms with E-state index in [4.69, 9.17) is 0 Å². The average molecular weight is 313 g/mol. The van der Waals surface area contributed by atoms with Crippen LogP contribution in [-0.4, -0.2) is 21.4 Å². The molecule has 1 aliphatic rings. The fourth-order valence-electron chi connectivity index (χ4n) is 3.53. The van der Waals surface area contributed by atoms with E-state index in [0.29, 0.717) is 18.5 Å². The molecule has 1 aromatic carbocycles. The minimum absolute atomic E-state index is 0.202. The van der Waals surface area contributed by atoms with E-state index in [0.717, 1.165) is 25.1 Å². The molecule has 0 amide bonds. The zero-order chi connectivity index (χ0) is 16.4. The number of nitrogens with one attached hydrogen (secondary N) is 2. The van der Waals surface area contributed by atoms with Crippen molar-refractivity contribution in [2.45, 2.75) is 45.7 Å². The SMILES string of the molecule is CCCc1ccccc1C1Cc2[nH]c(=O)[nH]c(=O)c2CN1CC. The molecule has 1 aliphatic heterocycles. The molecule has 2 N–H and O–H groups in total. The highest BCUT2D eigenvalue weighted by atomic mass is 16.2. The van der Waals surface area contributed by atoms with Crippen molar-refractivity contribution in [1.82, 2.24) is 14.9 Å². The lowest BCUT2D eigenvalue weighted by Gasteiger charge is -2.36. The van der Waals surface area contributed by atoms with Gasteiger partial charge in [-0.15, -0.1) is 0 Å². The third-order valence-electron chi connectivity index (χ3n) is 4.67. The summed E-state index contributed by atoms with van der Waals surface area (Å²) in [5.74, 6) is 0. The van der Waals surface area contributed by atoms with Gasteiger partial charge in [-0.2, -0.15) is 0 Å². The summed E-state index contributed by atoms with van der Waals surface area (Å²) in [6.45, 7) is 5.73. The van der Waals surface area contributed by atoms with Crippen molar-refractivity contribution in [3.63, 3.8) is 0 Å². The zero-order valence-corrected chi connectivity index (χ0v) is 13.7. The van der Waals surface area contributed by atoms with Gasteiger partial charge in [0.25, 0.3) is 5.56 Å². The van der Waals surface area contributed by atoms with E-state index in [1.54, 1.807) is 0 Å². The number of hydrogen-bond donors (Lipinski definition) is 2. The zero-order valence-electron chi connectivity index (χ0n) is 13.7. The van der Waals surface area contributed by atoms with Crippen LogP contribution in [0.5, 0.6) is 0 Å². The Balaban J connectivity index is 2.06. The van der Waals surface area contributed by atoms with Crippen LogP contribution in [0, 0.1) is 0 Å². The van der Waals surface area contributed by atoms with Crippen LogP contribution in [0.2, 0.25) is 0 Å². The predicted octanol–water partition coefficient (Wildman–Crippen LogP) is 2.13. The van der Waals surface area contributed by atoms with Crippen LogP contribution in [0.25, 0.3) is 0 Å². The Morgan fingerprint density at radius 3 is 2.70 bits per heavy atom. The number of hydrogen-bond acceptors (Lipinski definition) is 3. The summed E-state index contributed by atoms with van der Waals surface area (Å²) >= 11 is 0. The molecule has 2 aromatic rings. The average Bonchev–Trinajstić information content (AvgIpc) is 2.54. The maximum atomic E-state index is 12.1. The third-order valence-corrected chi connectivity index (χ3v) is 4.67. The second kappa shape index (κ2) is 6.54. The van der Waals surface area contributed by atoms with Gasteiger partial charge in [-0.05, 0) is 24.1 Å². The monoisotopic (exact) mass is 313 g/mol. The van der Waals surface area contributed by atoms with Gasteiger partial charge in [-0.3, -0.25) is 14.7 Å². The van der Waals surface area contributed by atoms with Crippen molar-refractivity contribution < 1.29 is 0 Å². The Hall–Kier alpha value is -2.14. The molecule has 1 unspecified atom stereocenters. The van der Waals surface area contributed by atoms with Crippen LogP contribution in [-0.2, 0) is 19.4 Å². The number of aromatic nitrogens is 2. The number of fused-ring (bicyclic) bond motifs is 1. The highest BCUT2D eigenvalue weighted by Crippen LogP contribution is 2.32. The Kier molecular flexibility index (Phi) is 4.48. The summed E-state index contributed by atoms with van der Waals surface area (Å²) < 4.78 is 0. The predicted molar refractivity (Wildman–Crippen MR) is 90.6 cm³/mol. The largest absolute Gasteiger partial charge is 0.325 e. The van der Waals surface area contributed by atoms with Gasteiger partial charge in [0.2, 0.25) is 0 Å². The van der Waals surface area contributed by atoms with Crippen LogP contribution < -0.4 is 11.2 Å². The number of benzene rings is 1. The van der Waals surface area contributed by atoms with E-state index in [1.165, 1.54) is 11.1 Å². The molecule has 0 saturated heterocycles. The second-order valence-corrected chi connectivity index (χ2v) is 6.10. The lowest BCUT2D eigenvalue weighted by Crippen LogP contribution is -2.40. The number of aromatic amines is 2. The van der Waals surface area contributed by atoms with Crippen molar-refractivity contribution in [2.75, 3.05) is 6.54 Å². The van der Waals surface area contributed by atoms with Crippen molar-refractivity contribution in [2.24, 2.45) is 0 Å². The number of aryl methyl sites for hydroxylation is 1. The number of nitrogens with zero attached hydrogens (tertiary/aromatic N) is 1. The summed E-state index contributed by atoms with van der Waals surface area (Å²) in [6, 6.07) is 8.71. The molecule has 0 aliphatic carbocycles. The first-order valence-corrected chi connectivity index (χ1v) is 8.30. The molecular weight excluding hydrogens is 290 g/mol. The maximum Gasteiger partial charge on any atom is 0.325 e. The van der Waals surface area contributed by atoms with Gasteiger partial charge in [-0.1, -0.05) is 44.5 Å². The molecule has 1 aromatic heterocycles. The molecule has 5 heteroatoms. The Morgan fingerprint density at radius 2 is 1.96 bits per heavy atom. The Labute approximate surface area is 135 Å². The first kappa shape index (κ1) is 15.7. The van der Waals surface area contributed by atoms with Gasteiger partial charge in [0, 0.05) is 24.7 Å². The maximum absolute atomic E-state index is 12.1. The summed E-state index contributed by atoms with van der Waals surface area (Å²) in [5.41, 5.74) is 3.45. The van der Waals surface area contributed by atoms with Gasteiger partial charge in [0.1, 0.15) is 0 Å². The molecule has 0 radical (unpaired) electrons. The van der Waals surface area contributed by atoms with Gasteiger partial charge in [0.15, 0.2) is 0 Å². The first-order chi connectivity index (χ1) is 11.1. The van der Waals surface area contributed by atoms with E-state index in [-0.39, 0.29) is 11.6 Å². The van der Waals surface area contributed by atoms with E-state index in [9.17, 15) is 9.59 Å². The summed E-state index contributed by atoms with van der Waals surface area (Å²) in [4.78, 5) is 31.1. The van der Waals surface area contributed by atoms with Gasteiger partial charge in [0.05, 0.1) is 5.56 Å². The molecule has 23 heavy (non-hydrogen) atoms. The van der Waals surface area contributed by atoms with Crippen molar-refractivity contribution in [3.05, 3.63) is 67.5 Å². The minimum atomic E-state index is -0.417. The van der Waals surface area contributed by atoms with Crippen molar-refractivity contribution in [1.29, 1.82) is 0 Å². The van der Waals surface area contributed by atoms with E-state index in [2.05, 4.69) is 53.0 Å². The van der Waals surface area contributed by atoms with E-state index < -0.39 is 5.69 Å². The molecule has 1 atom stereocenters. The molecule has 2 heterocycles. The fraction of sp³-hybridized carbons (Fsp3) is 0.444. The normalized spacial score (nSPS) is 17.9. The molecule has 0 spiro atoms. The van der Waals surface area contributed by atoms with Crippen molar-refractivity contribution >= 4 is 0 Å². The summed E-state index contributed by atoms with van der Waals surface area (Å²) in [7, 11) is 0. The topological polar surface area (TPSA) is 69.0 Å². The van der Waals surface area contributed by atoms with Crippen LogP contribution in [0.1, 0.15) is 48.7 Å². The molecule has 122 valence electrons. The standard InChI is InChI=1S/C18H23N3O2/c1-3-7-12-8-5-6-9-13(12)16-10-15-14(11-21(16)4-2)17(22)20-18(23)19-15/h5-6,8-9,16H,3-4,7,10-11H2,1-2H3,(H2,19,20,22,23). The van der Waals surface area contributed by atoms with Gasteiger partial charge >= 0.3 is 5.69 Å². The fourth-order valence-corrected chi connectivity index (χ4v) is 3.53. The number of H-pyrrole nitrogens is 2. The number of likely N-dealkylation sites (N-methyl/N-ethyl adjacent to an activating group) is 1. The lowest BCUT2D eigenvalue weighted by atomic mass is 9.89. The molecule has 5 nitrogen and oxygen atoms in total. The smallest absolute Gasteiger partial charge is 0.311 e. The molecule has 0 fully saturated rings. The third kappa shape index (κ3) is 3.01. The van der Waals surface area contributed by atoms with Crippen LogP contribution >= 0.6 is 0 Å². The highest BCUT2D eigenvalue weighted by Gasteiger charge is 2.29. The Bertz CT molecular complexity index is 806. The minimum Gasteiger partial charge on any atom is -0.311 e. The van der Waals surface area contributed by atoms with Crippen LogP contribution in [0.4, 0.5) is 0 Å². The van der Waals surface area contributed by atoms with Gasteiger partial charge < -0.3 is 4.98 Å². The quantitative estimate of drug-likeness (QED) is 0.908. The highest BCUT2D eigenvalue weighted by molar-refractivity contribution is 5.34. The number of rotatable bonds is 4. The van der Waals surface area contributed by atoms with Crippen molar-refractivity contribution in [3.8, 4) is 0 Å². The Morgan fingerprint density at radius 1 is 1.17 bits per heavy atom. The molecule has 0 bridgehead atoms. The molecule has 3 rings (SSSR count). The summed E-state index contributed by atoms with van der Waals surface area (Å²) in [5, 5.41) is 0. The van der Waals surface area contributed by atoms with E-state index in [1.807, 2.05) is 0 Å². The van der Waals surface area contributed by atoms with Gasteiger partial charge in [-0.25, -0.2) is 4.79 Å². The lowest BCUT2D eigenvalue weighted by molar-refractivity contribution is 0.177. The van der Waals surface area contributed by atoms with E-state index >= 15 is 0 Å². The first-order valence-electron chi connectivity index (χ1n) is 8.30. The van der Waals surface area contributed by atoms with Crippen LogP contribution in [0.15, 0.2) is 33.9 Å². The van der Waals surface area contributed by atoms with Crippen LogP contribution in [0.3, 0.4) is 0 Å². The molecule has 0 saturated carbocycles. The summed E-state index contributed by atoms with van der Waals surface area (Å²) in [6.07, 6.45) is 2.81.